The van der Waals surface area contributed by atoms with Crippen molar-refractivity contribution in [3.05, 3.63) is 87.1 Å². The SMILES string of the molecule is Cc1ccc(S(=O)(=O)NC[C@H](c2ccsc2)N2CCc3ccccc3C2)cc1C. The van der Waals surface area contributed by atoms with Crippen LogP contribution in [-0.2, 0) is 23.0 Å². The highest BCUT2D eigenvalue weighted by atomic mass is 32.2. The van der Waals surface area contributed by atoms with E-state index in [0.29, 0.717) is 11.4 Å². The number of thiophene rings is 1. The summed E-state index contributed by atoms with van der Waals surface area (Å²) in [4.78, 5) is 2.71. The molecule has 0 saturated heterocycles. The lowest BCUT2D eigenvalue weighted by Crippen LogP contribution is -2.40. The van der Waals surface area contributed by atoms with Crippen molar-refractivity contribution in [1.82, 2.24) is 9.62 Å². The highest BCUT2D eigenvalue weighted by Gasteiger charge is 2.27. The van der Waals surface area contributed by atoms with E-state index in [1.54, 1.807) is 23.5 Å². The molecule has 0 bridgehead atoms. The van der Waals surface area contributed by atoms with Crippen LogP contribution in [0.3, 0.4) is 0 Å². The minimum absolute atomic E-state index is 0.0101. The second-order valence-electron chi connectivity index (χ2n) is 7.66. The highest BCUT2D eigenvalue weighted by Crippen LogP contribution is 2.29. The summed E-state index contributed by atoms with van der Waals surface area (Å²) >= 11 is 1.65. The summed E-state index contributed by atoms with van der Waals surface area (Å²) in [5, 5.41) is 4.17. The Morgan fingerprint density at radius 3 is 2.59 bits per heavy atom. The minimum atomic E-state index is -3.56. The number of nitrogens with zero attached hydrogens (tertiary/aromatic N) is 1. The Morgan fingerprint density at radius 1 is 1.07 bits per heavy atom. The van der Waals surface area contributed by atoms with Gasteiger partial charge in [0.15, 0.2) is 0 Å². The molecule has 1 aliphatic heterocycles. The van der Waals surface area contributed by atoms with Gasteiger partial charge < -0.3 is 0 Å². The predicted molar refractivity (Wildman–Crippen MR) is 119 cm³/mol. The molecule has 2 aromatic carbocycles. The van der Waals surface area contributed by atoms with Crippen molar-refractivity contribution in [2.24, 2.45) is 0 Å². The quantitative estimate of drug-likeness (QED) is 0.634. The van der Waals surface area contributed by atoms with Gasteiger partial charge in [-0.1, -0.05) is 30.3 Å². The number of benzene rings is 2. The van der Waals surface area contributed by atoms with Crippen molar-refractivity contribution in [3.63, 3.8) is 0 Å². The maximum absolute atomic E-state index is 12.9. The second-order valence-corrected chi connectivity index (χ2v) is 10.2. The lowest BCUT2D eigenvalue weighted by Gasteiger charge is -2.35. The van der Waals surface area contributed by atoms with Crippen molar-refractivity contribution in [2.45, 2.75) is 37.8 Å². The third-order valence-corrected chi connectivity index (χ3v) is 7.91. The Kier molecular flexibility index (Phi) is 5.88. The number of nitrogens with one attached hydrogen (secondary N) is 1. The van der Waals surface area contributed by atoms with Gasteiger partial charge >= 0.3 is 0 Å². The van der Waals surface area contributed by atoms with E-state index >= 15 is 0 Å². The maximum atomic E-state index is 12.9. The van der Waals surface area contributed by atoms with E-state index in [1.807, 2.05) is 19.9 Å². The van der Waals surface area contributed by atoms with Crippen molar-refractivity contribution in [3.8, 4) is 0 Å². The van der Waals surface area contributed by atoms with Crippen LogP contribution in [0.15, 0.2) is 64.2 Å². The first-order valence-electron chi connectivity index (χ1n) is 9.84. The molecule has 29 heavy (non-hydrogen) atoms. The van der Waals surface area contributed by atoms with Crippen molar-refractivity contribution in [1.29, 1.82) is 0 Å². The first-order chi connectivity index (χ1) is 13.9. The summed E-state index contributed by atoms with van der Waals surface area (Å²) in [5.41, 5.74) is 5.96. The van der Waals surface area contributed by atoms with Gasteiger partial charge in [0.25, 0.3) is 0 Å². The fraction of sp³-hybridized carbons (Fsp3) is 0.304. The van der Waals surface area contributed by atoms with Gasteiger partial charge in [-0.05, 0) is 77.0 Å². The zero-order chi connectivity index (χ0) is 20.4. The highest BCUT2D eigenvalue weighted by molar-refractivity contribution is 7.89. The summed E-state index contributed by atoms with van der Waals surface area (Å²) in [5.74, 6) is 0. The molecule has 3 aromatic rings. The molecular formula is C23H26N2O2S2. The monoisotopic (exact) mass is 426 g/mol. The lowest BCUT2D eigenvalue weighted by atomic mass is 9.97. The van der Waals surface area contributed by atoms with E-state index in [1.165, 1.54) is 11.1 Å². The molecule has 1 aromatic heterocycles. The molecular weight excluding hydrogens is 400 g/mol. The van der Waals surface area contributed by atoms with Crippen LogP contribution in [0.2, 0.25) is 0 Å². The van der Waals surface area contributed by atoms with Gasteiger partial charge in [-0.2, -0.15) is 11.3 Å². The van der Waals surface area contributed by atoms with Gasteiger partial charge in [-0.3, -0.25) is 4.90 Å². The second kappa shape index (κ2) is 8.40. The normalized spacial score (nSPS) is 15.8. The van der Waals surface area contributed by atoms with E-state index in [9.17, 15) is 8.42 Å². The summed E-state index contributed by atoms with van der Waals surface area (Å²) in [6.45, 7) is 6.03. The fourth-order valence-electron chi connectivity index (χ4n) is 3.86. The Labute approximate surface area is 177 Å². The molecule has 0 radical (unpaired) electrons. The average Bonchev–Trinajstić information content (AvgIpc) is 3.24. The molecule has 2 heterocycles. The standard InChI is InChI=1S/C23H26N2O2S2/c1-17-7-8-22(13-18(17)2)29(26,27)24-14-23(21-10-12-28-16-21)25-11-9-19-5-3-4-6-20(19)15-25/h3-8,10,12-13,16,23-24H,9,11,14-15H2,1-2H3/t23-/m1/s1. The molecule has 1 aliphatic rings. The van der Waals surface area contributed by atoms with Crippen LogP contribution in [-0.4, -0.2) is 26.4 Å². The van der Waals surface area contributed by atoms with E-state index < -0.39 is 10.0 Å². The summed E-state index contributed by atoms with van der Waals surface area (Å²) in [6.07, 6.45) is 0.987. The predicted octanol–water partition coefficient (Wildman–Crippen LogP) is 4.44. The summed E-state index contributed by atoms with van der Waals surface area (Å²) in [6, 6.07) is 15.9. The summed E-state index contributed by atoms with van der Waals surface area (Å²) in [7, 11) is -3.56. The molecule has 0 unspecified atom stereocenters. The average molecular weight is 427 g/mol. The molecule has 4 nitrogen and oxygen atoms in total. The number of hydrogen-bond donors (Lipinski definition) is 1. The van der Waals surface area contributed by atoms with Crippen molar-refractivity contribution in [2.75, 3.05) is 13.1 Å². The minimum Gasteiger partial charge on any atom is -0.290 e. The van der Waals surface area contributed by atoms with Crippen LogP contribution in [0.1, 0.15) is 33.9 Å². The lowest BCUT2D eigenvalue weighted by molar-refractivity contribution is 0.181. The van der Waals surface area contributed by atoms with Gasteiger partial charge in [-0.25, -0.2) is 13.1 Å². The molecule has 4 rings (SSSR count). The maximum Gasteiger partial charge on any atom is 0.240 e. The zero-order valence-electron chi connectivity index (χ0n) is 16.8. The molecule has 1 N–H and O–H groups in total. The number of rotatable bonds is 6. The zero-order valence-corrected chi connectivity index (χ0v) is 18.4. The van der Waals surface area contributed by atoms with Gasteiger partial charge in [0.1, 0.15) is 0 Å². The first-order valence-corrected chi connectivity index (χ1v) is 12.3. The van der Waals surface area contributed by atoms with Crippen LogP contribution in [0.5, 0.6) is 0 Å². The molecule has 152 valence electrons. The van der Waals surface area contributed by atoms with Crippen LogP contribution >= 0.6 is 11.3 Å². The number of sulfonamides is 1. The molecule has 0 spiro atoms. The third kappa shape index (κ3) is 4.46. The Balaban J connectivity index is 1.55. The molecule has 0 saturated carbocycles. The van der Waals surface area contributed by atoms with Crippen LogP contribution in [0.4, 0.5) is 0 Å². The largest absolute Gasteiger partial charge is 0.290 e. The Hall–Kier alpha value is -1.99. The van der Waals surface area contributed by atoms with E-state index in [0.717, 1.165) is 36.2 Å². The molecule has 1 atom stereocenters. The number of aryl methyl sites for hydroxylation is 2. The van der Waals surface area contributed by atoms with E-state index in [-0.39, 0.29) is 6.04 Å². The van der Waals surface area contributed by atoms with Crippen LogP contribution < -0.4 is 4.72 Å². The van der Waals surface area contributed by atoms with Crippen molar-refractivity contribution >= 4 is 21.4 Å². The Morgan fingerprint density at radius 2 is 1.86 bits per heavy atom. The van der Waals surface area contributed by atoms with Crippen molar-refractivity contribution < 1.29 is 8.42 Å². The molecule has 0 fully saturated rings. The van der Waals surface area contributed by atoms with Crippen LogP contribution in [0, 0.1) is 13.8 Å². The van der Waals surface area contributed by atoms with Gasteiger partial charge in [0.05, 0.1) is 4.90 Å². The van der Waals surface area contributed by atoms with Gasteiger partial charge in [0.2, 0.25) is 10.0 Å². The summed E-state index contributed by atoms with van der Waals surface area (Å²) < 4.78 is 28.7. The van der Waals surface area contributed by atoms with Crippen LogP contribution in [0.25, 0.3) is 0 Å². The molecule has 6 heteroatoms. The third-order valence-electron chi connectivity index (χ3n) is 5.78. The Bertz CT molecular complexity index is 1090. The van der Waals surface area contributed by atoms with E-state index in [2.05, 4.69) is 50.7 Å². The smallest absolute Gasteiger partial charge is 0.240 e. The fourth-order valence-corrected chi connectivity index (χ4v) is 5.69. The number of hydrogen-bond acceptors (Lipinski definition) is 4. The van der Waals surface area contributed by atoms with E-state index in [4.69, 9.17) is 0 Å². The number of fused-ring (bicyclic) bond motifs is 1. The van der Waals surface area contributed by atoms with Gasteiger partial charge in [0, 0.05) is 25.7 Å². The first kappa shape index (κ1) is 20.3. The van der Waals surface area contributed by atoms with Gasteiger partial charge in [-0.15, -0.1) is 0 Å². The molecule has 0 aliphatic carbocycles. The molecule has 0 amide bonds. The topological polar surface area (TPSA) is 49.4 Å².